The van der Waals surface area contributed by atoms with Crippen LogP contribution in [0.15, 0.2) is 41.5 Å². The lowest BCUT2D eigenvalue weighted by atomic mass is 9.44. The highest BCUT2D eigenvalue weighted by atomic mass is 16.6. The van der Waals surface area contributed by atoms with E-state index in [0.29, 0.717) is 0 Å². The fourth-order valence-corrected chi connectivity index (χ4v) is 8.60. The summed E-state index contributed by atoms with van der Waals surface area (Å²) in [5, 5.41) is 47.8. The van der Waals surface area contributed by atoms with Crippen molar-refractivity contribution in [3.05, 3.63) is 47.0 Å². The van der Waals surface area contributed by atoms with Gasteiger partial charge in [0.1, 0.15) is 30.0 Å². The third kappa shape index (κ3) is 5.53. The van der Waals surface area contributed by atoms with Crippen LogP contribution in [0.4, 0.5) is 0 Å². The topological polar surface area (TPSA) is 212 Å². The van der Waals surface area contributed by atoms with Crippen molar-refractivity contribution in [1.29, 1.82) is 0 Å². The van der Waals surface area contributed by atoms with Crippen LogP contribution in [0, 0.1) is 22.2 Å². The molecular formula is C36H49NO12. The largest absolute Gasteiger partial charge is 0.456 e. The van der Waals surface area contributed by atoms with Crippen molar-refractivity contribution >= 4 is 23.7 Å². The molecule has 2 bridgehead atoms. The number of hydrogen-bond donors (Lipinski definition) is 5. The molecule has 1 saturated heterocycles. The first kappa shape index (κ1) is 37.1. The van der Waals surface area contributed by atoms with E-state index in [-0.39, 0.29) is 29.7 Å². The summed E-state index contributed by atoms with van der Waals surface area (Å²) in [6, 6.07) is 6.91. The number of fused-ring (bicyclic) bond motifs is 5. The molecule has 0 amide bonds. The number of esters is 3. The van der Waals surface area contributed by atoms with Gasteiger partial charge in [0.25, 0.3) is 0 Å². The second kappa shape index (κ2) is 12.2. The number of aliphatic hydroxyl groups excluding tert-OH is 3. The molecule has 3 fully saturated rings. The van der Waals surface area contributed by atoms with Gasteiger partial charge in [0, 0.05) is 31.2 Å². The van der Waals surface area contributed by atoms with E-state index in [1.54, 1.807) is 59.7 Å². The maximum absolute atomic E-state index is 14.7. The molecule has 6 N–H and O–H groups in total. The summed E-state index contributed by atoms with van der Waals surface area (Å²) in [5.41, 5.74) is -1.60. The van der Waals surface area contributed by atoms with Gasteiger partial charge in [0.2, 0.25) is 0 Å². The van der Waals surface area contributed by atoms with Crippen molar-refractivity contribution in [2.45, 2.75) is 122 Å². The van der Waals surface area contributed by atoms with Crippen molar-refractivity contribution in [3.8, 4) is 0 Å². The highest BCUT2D eigenvalue weighted by Gasteiger charge is 2.78. The van der Waals surface area contributed by atoms with Crippen LogP contribution in [0.1, 0.15) is 78.6 Å². The summed E-state index contributed by atoms with van der Waals surface area (Å²) < 4.78 is 23.8. The summed E-state index contributed by atoms with van der Waals surface area (Å²) in [7, 11) is 0. The van der Waals surface area contributed by atoms with E-state index >= 15 is 0 Å². The Balaban J connectivity index is 1.75. The monoisotopic (exact) mass is 687 g/mol. The van der Waals surface area contributed by atoms with Crippen molar-refractivity contribution < 1.29 is 58.6 Å². The summed E-state index contributed by atoms with van der Waals surface area (Å²) in [5.74, 6) is -5.03. The van der Waals surface area contributed by atoms with Gasteiger partial charge in [-0.15, -0.1) is 0 Å². The zero-order valence-electron chi connectivity index (χ0n) is 29.3. The highest BCUT2D eigenvalue weighted by molar-refractivity contribution is 5.94. The van der Waals surface area contributed by atoms with E-state index in [2.05, 4.69) is 0 Å². The Morgan fingerprint density at radius 2 is 1.67 bits per heavy atom. The normalized spacial score (nSPS) is 38.0. The van der Waals surface area contributed by atoms with Crippen molar-refractivity contribution in [2.24, 2.45) is 27.9 Å². The van der Waals surface area contributed by atoms with Gasteiger partial charge in [-0.2, -0.15) is 0 Å². The maximum atomic E-state index is 14.7. The molecule has 1 aromatic carbocycles. The van der Waals surface area contributed by atoms with E-state index in [1.165, 1.54) is 26.0 Å². The molecule has 4 aliphatic rings. The minimum atomic E-state index is -2.26. The predicted molar refractivity (Wildman–Crippen MR) is 172 cm³/mol. The van der Waals surface area contributed by atoms with Crippen LogP contribution < -0.4 is 5.73 Å². The number of carbonyl (C=O) groups is 4. The molecule has 0 spiro atoms. The Morgan fingerprint density at radius 1 is 1.06 bits per heavy atom. The third-order valence-electron chi connectivity index (χ3n) is 11.8. The highest BCUT2D eigenvalue weighted by Crippen LogP contribution is 2.64. The molecule has 13 heteroatoms. The van der Waals surface area contributed by atoms with E-state index in [9.17, 15) is 39.6 Å². The SMILES string of the molecule is CC(=O)O[C@@]12CO[C@@H]1C[C@H](O)[C@@]1(C)C(=O)[C@H](O)C3=C(C)[C@@H](OC(=O)[C@H](O)[C@@H](N)C(C)(C)C)C[C@@](O)([C@@H](OC(=O)c4ccccc4)[C@H]21)C3(C)C. The van der Waals surface area contributed by atoms with Crippen LogP contribution in [-0.4, -0.2) is 105 Å². The van der Waals surface area contributed by atoms with E-state index in [4.69, 9.17) is 24.7 Å². The minimum absolute atomic E-state index is 0.000172. The Hall–Kier alpha value is -3.20. The fourth-order valence-electron chi connectivity index (χ4n) is 8.60. The van der Waals surface area contributed by atoms with E-state index in [1.807, 2.05) is 0 Å². The molecule has 1 heterocycles. The number of benzene rings is 1. The smallest absolute Gasteiger partial charge is 0.338 e. The van der Waals surface area contributed by atoms with Crippen LogP contribution in [0.3, 0.4) is 0 Å². The fraction of sp³-hybridized carbons (Fsp3) is 0.667. The summed E-state index contributed by atoms with van der Waals surface area (Å²) in [6.45, 7) is 12.2. The van der Waals surface area contributed by atoms with Crippen molar-refractivity contribution in [3.63, 3.8) is 0 Å². The number of carbonyl (C=O) groups excluding carboxylic acids is 4. The summed E-state index contributed by atoms with van der Waals surface area (Å²) in [4.78, 5) is 54.8. The first-order valence-corrected chi connectivity index (χ1v) is 16.6. The van der Waals surface area contributed by atoms with Gasteiger partial charge in [-0.25, -0.2) is 9.59 Å². The quantitative estimate of drug-likeness (QED) is 0.163. The first-order chi connectivity index (χ1) is 22.6. The lowest BCUT2D eigenvalue weighted by Crippen LogP contribution is -2.81. The van der Waals surface area contributed by atoms with Crippen LogP contribution in [0.2, 0.25) is 0 Å². The predicted octanol–water partition coefficient (Wildman–Crippen LogP) is 1.37. The van der Waals surface area contributed by atoms with Gasteiger partial charge in [-0.1, -0.05) is 52.8 Å². The molecule has 13 nitrogen and oxygen atoms in total. The average molecular weight is 688 g/mol. The molecule has 0 radical (unpaired) electrons. The molecule has 1 aromatic rings. The van der Waals surface area contributed by atoms with Gasteiger partial charge < -0.3 is 45.1 Å². The van der Waals surface area contributed by atoms with Crippen molar-refractivity contribution in [2.75, 3.05) is 6.61 Å². The van der Waals surface area contributed by atoms with Gasteiger partial charge in [-0.3, -0.25) is 9.59 Å². The molecular weight excluding hydrogens is 638 g/mol. The number of ketones is 1. The molecule has 5 rings (SSSR count). The first-order valence-electron chi connectivity index (χ1n) is 16.6. The Bertz CT molecular complexity index is 1550. The van der Waals surface area contributed by atoms with Gasteiger partial charge in [0.05, 0.1) is 29.6 Å². The van der Waals surface area contributed by atoms with Gasteiger partial charge in [-0.05, 0) is 42.5 Å². The van der Waals surface area contributed by atoms with Crippen LogP contribution in [0.25, 0.3) is 0 Å². The molecule has 1 aliphatic heterocycles. The van der Waals surface area contributed by atoms with E-state index in [0.717, 1.165) is 0 Å². The minimum Gasteiger partial charge on any atom is -0.456 e. The zero-order chi connectivity index (χ0) is 36.6. The zero-order valence-corrected chi connectivity index (χ0v) is 29.3. The second-order valence-corrected chi connectivity index (χ2v) is 15.9. The lowest BCUT2D eigenvalue weighted by molar-refractivity contribution is -0.346. The summed E-state index contributed by atoms with van der Waals surface area (Å²) in [6.07, 6.45) is -9.77. The molecule has 270 valence electrons. The molecule has 0 aromatic heterocycles. The average Bonchev–Trinajstić information content (AvgIpc) is 3.01. The Morgan fingerprint density at radius 3 is 2.20 bits per heavy atom. The van der Waals surface area contributed by atoms with E-state index < -0.39 is 106 Å². The standard InChI is InChI=1S/C36H49NO12/c1-17-20(47-31(44)25(41)27(37)32(3,4)5)15-36(45)29(48-30(43)19-12-10-9-11-13-19)26-34(8,28(42)24(40)23(17)33(36,6)7)21(39)14-22-35(26,16-46-22)49-18(2)38/h9-13,20-22,24-27,29,39-41,45H,14-16,37H2,1-8H3/t20-,21-,22+,24+,25+,26-,27+,29-,34+,35-,36+/m0/s1. The number of ether oxygens (including phenoxy) is 4. The number of hydrogen-bond acceptors (Lipinski definition) is 13. The lowest BCUT2D eigenvalue weighted by Gasteiger charge is -2.67. The number of aliphatic hydroxyl groups is 4. The number of rotatable bonds is 6. The summed E-state index contributed by atoms with van der Waals surface area (Å²) >= 11 is 0. The number of Topliss-reactive ketones (excluding diaryl/α,β-unsaturated/α-hetero) is 1. The van der Waals surface area contributed by atoms with Gasteiger partial charge in [0.15, 0.2) is 17.5 Å². The molecule has 11 atom stereocenters. The molecule has 0 unspecified atom stereocenters. The Kier molecular flexibility index (Phi) is 9.26. The molecule has 49 heavy (non-hydrogen) atoms. The third-order valence-corrected chi connectivity index (χ3v) is 11.8. The van der Waals surface area contributed by atoms with Gasteiger partial charge >= 0.3 is 17.9 Å². The molecule has 3 aliphatic carbocycles. The second-order valence-electron chi connectivity index (χ2n) is 15.9. The number of nitrogens with two attached hydrogens (primary N) is 1. The van der Waals surface area contributed by atoms with Crippen molar-refractivity contribution in [1.82, 2.24) is 0 Å². The maximum Gasteiger partial charge on any atom is 0.338 e. The van der Waals surface area contributed by atoms with Crippen LogP contribution in [-0.2, 0) is 33.3 Å². The molecule has 2 saturated carbocycles. The van der Waals surface area contributed by atoms with Crippen LogP contribution >= 0.6 is 0 Å². The van der Waals surface area contributed by atoms with Crippen LogP contribution in [0.5, 0.6) is 0 Å². The Labute approximate surface area is 285 Å².